The molecule has 0 aromatic carbocycles. The van der Waals surface area contributed by atoms with E-state index in [1.165, 1.54) is 20.2 Å². The Morgan fingerprint density at radius 2 is 1.97 bits per heavy atom. The number of unbranched alkanes of at least 4 members (excludes halogenated alkanes) is 2. The van der Waals surface area contributed by atoms with E-state index < -0.39 is 15.9 Å². The van der Waals surface area contributed by atoms with Gasteiger partial charge in [-0.05, 0) is 32.4 Å². The molecule has 0 aromatic rings. The van der Waals surface area contributed by atoms with E-state index in [-0.39, 0.29) is 25.6 Å². The lowest BCUT2D eigenvalue weighted by atomic mass is 10.3. The first-order valence-corrected chi connectivity index (χ1v) is 12.7. The molecule has 0 bridgehead atoms. The molecule has 3 aliphatic rings. The van der Waals surface area contributed by atoms with Crippen molar-refractivity contribution in [2.45, 2.75) is 37.3 Å². The molecule has 0 aromatic heterocycles. The summed E-state index contributed by atoms with van der Waals surface area (Å²) >= 11 is 3.05. The number of aromatic nitrogens is 2. The lowest BCUT2D eigenvalue weighted by Crippen LogP contribution is -2.43. The number of hydrogen-bond donors (Lipinski definition) is 1. The first-order chi connectivity index (χ1) is 13.8. The number of nitrogens with zero attached hydrogens (tertiary/aromatic N) is 3. The molecule has 1 fully saturated rings. The molecule has 3 heterocycles. The van der Waals surface area contributed by atoms with Crippen LogP contribution in [0.15, 0.2) is 9.00 Å². The molecule has 162 valence electrons. The average Bonchev–Trinajstić information content (AvgIpc) is 3.01. The average molecular weight is 465 g/mol. The van der Waals surface area contributed by atoms with Crippen molar-refractivity contribution in [3.8, 4) is 5.69 Å². The van der Waals surface area contributed by atoms with E-state index in [4.69, 9.17) is 4.74 Å². The molecule has 0 unspecified atom stereocenters. The quantitative estimate of drug-likeness (QED) is 0.453. The van der Waals surface area contributed by atoms with E-state index in [0.29, 0.717) is 25.3 Å². The van der Waals surface area contributed by atoms with E-state index in [2.05, 4.69) is 9.71 Å². The van der Waals surface area contributed by atoms with Crippen LogP contribution < -0.4 is 10.4 Å². The Balaban J connectivity index is 1.92. The van der Waals surface area contributed by atoms with E-state index in [1.54, 1.807) is 11.8 Å². The van der Waals surface area contributed by atoms with Crippen molar-refractivity contribution < 1.29 is 17.5 Å². The number of anilines is 1. The molecule has 0 aliphatic carbocycles. The standard InChI is InChI=1S/C17H25FN4O4S3/c1-12-13(2)28-16(27-11-5-3-4-6-18)14-15(19-17(23)22(12)14)20-29(24,25)21-7-9-26-10-8-21/h3-11H2,1-2H3,(H,19,20,23). The highest BCUT2D eigenvalue weighted by atomic mass is 32.2. The second kappa shape index (κ2) is 9.73. The zero-order chi connectivity index (χ0) is 21.0. The maximum absolute atomic E-state index is 12.8. The Labute approximate surface area is 178 Å². The predicted octanol–water partition coefficient (Wildman–Crippen LogP) is 2.57. The number of aryl methyl sites for hydroxylation is 1. The number of imidazole rings is 1. The third kappa shape index (κ3) is 5.10. The maximum Gasteiger partial charge on any atom is 0.354 e. The van der Waals surface area contributed by atoms with Crippen LogP contribution in [0.3, 0.4) is 0 Å². The number of halogens is 1. The first kappa shape index (κ1) is 22.5. The van der Waals surface area contributed by atoms with Crippen LogP contribution in [0.25, 0.3) is 5.69 Å². The molecule has 0 spiro atoms. The number of thioether (sulfide) groups is 1. The fourth-order valence-electron chi connectivity index (χ4n) is 3.00. The molecule has 0 atom stereocenters. The van der Waals surface area contributed by atoms with Crippen molar-refractivity contribution in [3.05, 3.63) is 21.1 Å². The zero-order valence-corrected chi connectivity index (χ0v) is 18.9. The molecule has 29 heavy (non-hydrogen) atoms. The monoisotopic (exact) mass is 464 g/mol. The van der Waals surface area contributed by atoms with Crippen molar-refractivity contribution >= 4 is 39.1 Å². The number of morpholine rings is 1. The number of hydrogen-bond acceptors (Lipinski definition) is 7. The van der Waals surface area contributed by atoms with Crippen molar-refractivity contribution in [2.75, 3.05) is 43.5 Å². The second-order valence-corrected chi connectivity index (χ2v) is 10.9. The zero-order valence-electron chi connectivity index (χ0n) is 16.4. The minimum Gasteiger partial charge on any atom is -0.379 e. The molecule has 1 N–H and O–H groups in total. The van der Waals surface area contributed by atoms with Crippen LogP contribution in [0.4, 0.5) is 10.2 Å². The third-order valence-electron chi connectivity index (χ3n) is 4.68. The number of nitrogens with one attached hydrogen (secondary N) is 1. The Kier molecular flexibility index (Phi) is 7.54. The summed E-state index contributed by atoms with van der Waals surface area (Å²) in [6.45, 7) is 4.58. The lowest BCUT2D eigenvalue weighted by Gasteiger charge is -2.26. The van der Waals surface area contributed by atoms with Gasteiger partial charge in [0.25, 0.3) is 0 Å². The Hall–Kier alpha value is -1.21. The minimum atomic E-state index is -3.84. The number of ether oxygens (including phenoxy) is 1. The van der Waals surface area contributed by atoms with Gasteiger partial charge in [-0.15, -0.1) is 23.1 Å². The van der Waals surface area contributed by atoms with E-state index in [0.717, 1.165) is 33.4 Å². The highest BCUT2D eigenvalue weighted by Gasteiger charge is 2.29. The number of rotatable bonds is 9. The van der Waals surface area contributed by atoms with Gasteiger partial charge >= 0.3 is 15.9 Å². The molecule has 0 amide bonds. The Morgan fingerprint density at radius 3 is 2.66 bits per heavy atom. The smallest absolute Gasteiger partial charge is 0.354 e. The van der Waals surface area contributed by atoms with Crippen molar-refractivity contribution in [2.24, 2.45) is 0 Å². The fourth-order valence-corrected chi connectivity index (χ4v) is 6.67. The second-order valence-electron chi connectivity index (χ2n) is 6.67. The topological polar surface area (TPSA) is 93.5 Å². The molecular weight excluding hydrogens is 439 g/mol. The number of alkyl halides is 1. The molecule has 0 saturated carbocycles. The van der Waals surface area contributed by atoms with Gasteiger partial charge in [-0.25, -0.2) is 4.79 Å². The highest BCUT2D eigenvalue weighted by Crippen LogP contribution is 2.38. The van der Waals surface area contributed by atoms with Gasteiger partial charge in [0.15, 0.2) is 5.82 Å². The van der Waals surface area contributed by atoms with Crippen LogP contribution in [0, 0.1) is 13.8 Å². The molecule has 12 heteroatoms. The summed E-state index contributed by atoms with van der Waals surface area (Å²) in [5.41, 5.74) is 0.712. The van der Waals surface area contributed by atoms with Crippen LogP contribution in [-0.4, -0.2) is 61.0 Å². The first-order valence-electron chi connectivity index (χ1n) is 9.42. The Morgan fingerprint density at radius 1 is 1.24 bits per heavy atom. The van der Waals surface area contributed by atoms with Crippen molar-refractivity contribution in [1.29, 1.82) is 0 Å². The summed E-state index contributed by atoms with van der Waals surface area (Å²) < 4.78 is 49.1. The molecule has 8 nitrogen and oxygen atoms in total. The summed E-state index contributed by atoms with van der Waals surface area (Å²) in [6, 6.07) is 0. The normalized spacial score (nSPS) is 15.8. The van der Waals surface area contributed by atoms with E-state index >= 15 is 0 Å². The van der Waals surface area contributed by atoms with Gasteiger partial charge in [-0.1, -0.05) is 6.42 Å². The summed E-state index contributed by atoms with van der Waals surface area (Å²) in [5.74, 6) is 0.802. The minimum absolute atomic E-state index is 0.0482. The maximum atomic E-state index is 12.8. The van der Waals surface area contributed by atoms with Gasteiger partial charge in [0.1, 0.15) is 5.69 Å². The van der Waals surface area contributed by atoms with Crippen LogP contribution in [0.5, 0.6) is 0 Å². The van der Waals surface area contributed by atoms with E-state index in [9.17, 15) is 17.6 Å². The van der Waals surface area contributed by atoms with Gasteiger partial charge in [0.2, 0.25) is 0 Å². The highest BCUT2D eigenvalue weighted by molar-refractivity contribution is 8.01. The van der Waals surface area contributed by atoms with Crippen LogP contribution in [0.1, 0.15) is 29.8 Å². The molecular formula is C17H25FN4O4S3. The van der Waals surface area contributed by atoms with Crippen LogP contribution >= 0.6 is 23.1 Å². The summed E-state index contributed by atoms with van der Waals surface area (Å²) in [4.78, 5) is 17.5. The summed E-state index contributed by atoms with van der Waals surface area (Å²) in [6.07, 6.45) is 2.17. The SMILES string of the molecule is Cc1sc(SCCCCCF)c2c(NS(=O)(=O)N3CCOCC3)nc(=O)n-2c1C. The largest absolute Gasteiger partial charge is 0.379 e. The van der Waals surface area contributed by atoms with Gasteiger partial charge in [0, 0.05) is 23.7 Å². The fraction of sp³-hybridized carbons (Fsp3) is 0.647. The van der Waals surface area contributed by atoms with Gasteiger partial charge in [-0.3, -0.25) is 13.7 Å². The lowest BCUT2D eigenvalue weighted by molar-refractivity contribution is 0.0733. The molecule has 1 saturated heterocycles. The van der Waals surface area contributed by atoms with Gasteiger partial charge < -0.3 is 4.74 Å². The summed E-state index contributed by atoms with van der Waals surface area (Å²) in [7, 11) is -3.84. The molecule has 3 rings (SSSR count). The summed E-state index contributed by atoms with van der Waals surface area (Å²) in [5, 5.41) is 0. The molecule has 0 radical (unpaired) electrons. The number of fused-ring (bicyclic) bond motifs is 1. The van der Waals surface area contributed by atoms with E-state index in [1.807, 2.05) is 13.8 Å². The van der Waals surface area contributed by atoms with Gasteiger partial charge in [-0.2, -0.15) is 17.7 Å². The molecule has 3 aliphatic heterocycles. The van der Waals surface area contributed by atoms with Crippen LogP contribution in [-0.2, 0) is 14.9 Å². The third-order valence-corrected chi connectivity index (χ3v) is 8.71. The van der Waals surface area contributed by atoms with Gasteiger partial charge in [0.05, 0.1) is 24.1 Å². The predicted molar refractivity (Wildman–Crippen MR) is 114 cm³/mol. The van der Waals surface area contributed by atoms with Crippen LogP contribution in [0.2, 0.25) is 0 Å². The Bertz CT molecular complexity index is 970. The van der Waals surface area contributed by atoms with Crippen molar-refractivity contribution in [3.63, 3.8) is 0 Å². The van der Waals surface area contributed by atoms with Crippen molar-refractivity contribution in [1.82, 2.24) is 13.9 Å².